The predicted octanol–water partition coefficient (Wildman–Crippen LogP) is 1.31. The first kappa shape index (κ1) is 12.7. The van der Waals surface area contributed by atoms with Crippen LogP contribution in [0.5, 0.6) is 5.75 Å². The van der Waals surface area contributed by atoms with Gasteiger partial charge in [-0.05, 0) is 24.3 Å². The Morgan fingerprint density at radius 3 is 2.38 bits per heavy atom. The van der Waals surface area contributed by atoms with E-state index in [1.165, 1.54) is 0 Å². The fourth-order valence-electron chi connectivity index (χ4n) is 1.07. The Morgan fingerprint density at radius 2 is 1.88 bits per heavy atom. The Hall–Kier alpha value is -1.36. The molecule has 1 aromatic rings. The lowest BCUT2D eigenvalue weighted by atomic mass is 10.2. The molecule has 0 unspecified atom stereocenters. The molecule has 0 saturated heterocycles. The lowest BCUT2D eigenvalue weighted by Crippen LogP contribution is -2.15. The summed E-state index contributed by atoms with van der Waals surface area (Å²) in [7, 11) is -2.98. The molecule has 1 rings (SSSR count). The van der Waals surface area contributed by atoms with Crippen molar-refractivity contribution < 1.29 is 17.9 Å². The van der Waals surface area contributed by atoms with Crippen LogP contribution in [-0.4, -0.2) is 32.8 Å². The Labute approximate surface area is 95.2 Å². The second-order valence-electron chi connectivity index (χ2n) is 3.27. The molecule has 1 aromatic carbocycles. The van der Waals surface area contributed by atoms with Crippen molar-refractivity contribution in [2.75, 3.05) is 18.1 Å². The minimum Gasteiger partial charge on any atom is -0.493 e. The average Bonchev–Trinajstić information content (AvgIpc) is 2.30. The fourth-order valence-corrected chi connectivity index (χ4v) is 1.70. The van der Waals surface area contributed by atoms with E-state index in [0.717, 1.165) is 6.29 Å². The number of sulfone groups is 1. The molecule has 4 nitrogen and oxygen atoms in total. The molecule has 0 aliphatic heterocycles. The fraction of sp³-hybridized carbons (Fsp3) is 0.364. The molecule has 0 saturated carbocycles. The zero-order chi connectivity index (χ0) is 12.0. The maximum Gasteiger partial charge on any atom is 0.153 e. The van der Waals surface area contributed by atoms with Crippen LogP contribution in [0, 0.1) is 0 Å². The number of hydrogen-bond donors (Lipinski definition) is 0. The maximum atomic E-state index is 11.2. The number of carbonyl (C=O) groups excluding carboxylic acids is 1. The third-order valence-electron chi connectivity index (χ3n) is 2.12. The van der Waals surface area contributed by atoms with Crippen molar-refractivity contribution >= 4 is 16.1 Å². The van der Waals surface area contributed by atoms with E-state index in [1.54, 1.807) is 31.2 Å². The minimum atomic E-state index is -2.98. The Balaban J connectivity index is 2.46. The van der Waals surface area contributed by atoms with Gasteiger partial charge in [0.05, 0.1) is 5.75 Å². The van der Waals surface area contributed by atoms with Crippen molar-refractivity contribution in [3.8, 4) is 5.75 Å². The standard InChI is InChI=1S/C11H14O4S/c1-2-16(13,14)8-7-15-11-5-3-10(9-12)4-6-11/h3-6,9H,2,7-8H2,1H3. The average molecular weight is 242 g/mol. The van der Waals surface area contributed by atoms with Gasteiger partial charge in [-0.1, -0.05) is 6.92 Å². The molecule has 0 atom stereocenters. The molecule has 0 fully saturated rings. The van der Waals surface area contributed by atoms with Gasteiger partial charge in [0.2, 0.25) is 0 Å². The molecule has 16 heavy (non-hydrogen) atoms. The molecule has 0 spiro atoms. The number of rotatable bonds is 6. The minimum absolute atomic E-state index is 0.0128. The summed E-state index contributed by atoms with van der Waals surface area (Å²) in [4.78, 5) is 10.4. The third-order valence-corrected chi connectivity index (χ3v) is 3.79. The van der Waals surface area contributed by atoms with Crippen LogP contribution in [-0.2, 0) is 9.84 Å². The highest BCUT2D eigenvalue weighted by molar-refractivity contribution is 7.91. The maximum absolute atomic E-state index is 11.2. The summed E-state index contributed by atoms with van der Waals surface area (Å²) in [5.41, 5.74) is 0.563. The summed E-state index contributed by atoms with van der Waals surface area (Å²) >= 11 is 0. The van der Waals surface area contributed by atoms with E-state index in [0.29, 0.717) is 11.3 Å². The molecule has 0 N–H and O–H groups in total. The van der Waals surface area contributed by atoms with Crippen molar-refractivity contribution in [3.63, 3.8) is 0 Å². The van der Waals surface area contributed by atoms with Crippen molar-refractivity contribution in [1.82, 2.24) is 0 Å². The van der Waals surface area contributed by atoms with Gasteiger partial charge in [0.1, 0.15) is 18.6 Å². The Kier molecular flexibility index (Phi) is 4.49. The molecule has 0 aliphatic rings. The predicted molar refractivity (Wildman–Crippen MR) is 61.7 cm³/mol. The molecule has 0 bridgehead atoms. The number of aldehydes is 1. The van der Waals surface area contributed by atoms with E-state index in [1.807, 2.05) is 0 Å². The number of ether oxygens (including phenoxy) is 1. The van der Waals surface area contributed by atoms with Crippen molar-refractivity contribution in [3.05, 3.63) is 29.8 Å². The zero-order valence-corrected chi connectivity index (χ0v) is 9.87. The summed E-state index contributed by atoms with van der Waals surface area (Å²) in [6.45, 7) is 1.74. The van der Waals surface area contributed by atoms with Crippen LogP contribution in [0.4, 0.5) is 0 Å². The molecule has 0 amide bonds. The van der Waals surface area contributed by atoms with Crippen LogP contribution in [0.1, 0.15) is 17.3 Å². The summed E-state index contributed by atoms with van der Waals surface area (Å²) in [5, 5.41) is 0. The third kappa shape index (κ3) is 4.02. The molecular weight excluding hydrogens is 228 g/mol. The van der Waals surface area contributed by atoms with Crippen molar-refractivity contribution in [1.29, 1.82) is 0 Å². The van der Waals surface area contributed by atoms with E-state index in [-0.39, 0.29) is 18.1 Å². The highest BCUT2D eigenvalue weighted by atomic mass is 32.2. The summed E-state index contributed by atoms with van der Waals surface area (Å²) in [5.74, 6) is 0.705. The van der Waals surface area contributed by atoms with Crippen LogP contribution in [0.2, 0.25) is 0 Å². The van der Waals surface area contributed by atoms with E-state index in [4.69, 9.17) is 4.74 Å². The van der Waals surface area contributed by atoms with E-state index >= 15 is 0 Å². The summed E-state index contributed by atoms with van der Waals surface area (Å²) in [6, 6.07) is 6.53. The molecule has 88 valence electrons. The van der Waals surface area contributed by atoms with Gasteiger partial charge >= 0.3 is 0 Å². The molecule has 0 aliphatic carbocycles. The van der Waals surface area contributed by atoms with Crippen LogP contribution in [0.15, 0.2) is 24.3 Å². The summed E-state index contributed by atoms with van der Waals surface area (Å²) < 4.78 is 27.6. The lowest BCUT2D eigenvalue weighted by Gasteiger charge is -2.05. The van der Waals surface area contributed by atoms with Crippen LogP contribution >= 0.6 is 0 Å². The second-order valence-corrected chi connectivity index (χ2v) is 5.74. The van der Waals surface area contributed by atoms with Gasteiger partial charge in [-0.3, -0.25) is 4.79 Å². The van der Waals surface area contributed by atoms with Crippen LogP contribution in [0.3, 0.4) is 0 Å². The van der Waals surface area contributed by atoms with Crippen molar-refractivity contribution in [2.24, 2.45) is 0 Å². The van der Waals surface area contributed by atoms with Gasteiger partial charge in [-0.25, -0.2) is 8.42 Å². The smallest absolute Gasteiger partial charge is 0.153 e. The van der Waals surface area contributed by atoms with E-state index < -0.39 is 9.84 Å². The first-order chi connectivity index (χ1) is 7.57. The topological polar surface area (TPSA) is 60.4 Å². The van der Waals surface area contributed by atoms with Gasteiger partial charge in [0.25, 0.3) is 0 Å². The van der Waals surface area contributed by atoms with E-state index in [9.17, 15) is 13.2 Å². The van der Waals surface area contributed by atoms with Crippen molar-refractivity contribution in [2.45, 2.75) is 6.92 Å². The molecule has 0 heterocycles. The normalized spacial score (nSPS) is 11.1. The monoisotopic (exact) mass is 242 g/mol. The Bertz CT molecular complexity index is 434. The van der Waals surface area contributed by atoms with Gasteiger partial charge in [-0.2, -0.15) is 0 Å². The molecule has 5 heteroatoms. The quantitative estimate of drug-likeness (QED) is 0.706. The first-order valence-electron chi connectivity index (χ1n) is 4.96. The number of benzene rings is 1. The van der Waals surface area contributed by atoms with Crippen LogP contribution in [0.25, 0.3) is 0 Å². The number of carbonyl (C=O) groups is 1. The van der Waals surface area contributed by atoms with Gasteiger partial charge in [0, 0.05) is 11.3 Å². The summed E-state index contributed by atoms with van der Waals surface area (Å²) in [6.07, 6.45) is 0.741. The van der Waals surface area contributed by atoms with Crippen LogP contribution < -0.4 is 4.74 Å². The highest BCUT2D eigenvalue weighted by Gasteiger charge is 2.07. The molecular formula is C11H14O4S. The zero-order valence-electron chi connectivity index (χ0n) is 9.05. The SMILES string of the molecule is CCS(=O)(=O)CCOc1ccc(C=O)cc1. The highest BCUT2D eigenvalue weighted by Crippen LogP contribution is 2.10. The van der Waals surface area contributed by atoms with Gasteiger partial charge in [0.15, 0.2) is 9.84 Å². The van der Waals surface area contributed by atoms with Gasteiger partial charge < -0.3 is 4.74 Å². The second kappa shape index (κ2) is 5.65. The lowest BCUT2D eigenvalue weighted by molar-refractivity contribution is 0.112. The molecule has 0 radical (unpaired) electrons. The first-order valence-corrected chi connectivity index (χ1v) is 6.78. The molecule has 0 aromatic heterocycles. The largest absolute Gasteiger partial charge is 0.493 e. The Morgan fingerprint density at radius 1 is 1.25 bits per heavy atom. The number of hydrogen-bond acceptors (Lipinski definition) is 4. The van der Waals surface area contributed by atoms with Gasteiger partial charge in [-0.15, -0.1) is 0 Å². The van der Waals surface area contributed by atoms with E-state index in [2.05, 4.69) is 0 Å².